The van der Waals surface area contributed by atoms with E-state index in [-0.39, 0.29) is 5.91 Å². The van der Waals surface area contributed by atoms with Gasteiger partial charge in [-0.25, -0.2) is 4.98 Å². The summed E-state index contributed by atoms with van der Waals surface area (Å²) in [5.74, 6) is 0.877. The summed E-state index contributed by atoms with van der Waals surface area (Å²) in [6.45, 7) is 4.44. The Bertz CT molecular complexity index is 851. The maximum absolute atomic E-state index is 12.7. The number of amides is 1. The number of nitrogens with zero attached hydrogens (tertiary/aromatic N) is 2. The van der Waals surface area contributed by atoms with E-state index in [1.807, 2.05) is 30.3 Å². The van der Waals surface area contributed by atoms with Crippen LogP contribution in [0.2, 0.25) is 0 Å². The molecule has 4 nitrogen and oxygen atoms in total. The van der Waals surface area contributed by atoms with E-state index < -0.39 is 0 Å². The van der Waals surface area contributed by atoms with E-state index in [9.17, 15) is 4.79 Å². The molecule has 1 amide bonds. The molecular formula is C21H22N2O2. The number of aryl methyl sites for hydroxylation is 2. The number of oxazole rings is 1. The van der Waals surface area contributed by atoms with E-state index in [0.29, 0.717) is 23.9 Å². The molecule has 0 aliphatic rings. The van der Waals surface area contributed by atoms with Gasteiger partial charge in [-0.05, 0) is 36.6 Å². The van der Waals surface area contributed by atoms with Crippen molar-refractivity contribution in [3.8, 4) is 11.5 Å². The molecule has 2 aromatic carbocycles. The van der Waals surface area contributed by atoms with Crippen LogP contribution in [0.1, 0.15) is 34.3 Å². The lowest BCUT2D eigenvalue weighted by atomic mass is 10.1. The molecule has 4 heteroatoms. The largest absolute Gasteiger partial charge is 0.441 e. The quantitative estimate of drug-likeness (QED) is 0.691. The van der Waals surface area contributed by atoms with Crippen molar-refractivity contribution >= 4 is 5.91 Å². The third-order valence-corrected chi connectivity index (χ3v) is 4.22. The second kappa shape index (κ2) is 7.34. The van der Waals surface area contributed by atoms with Crippen molar-refractivity contribution < 1.29 is 9.21 Å². The summed E-state index contributed by atoms with van der Waals surface area (Å²) < 4.78 is 5.69. The Labute approximate surface area is 148 Å². The lowest BCUT2D eigenvalue weighted by Crippen LogP contribution is -2.27. The topological polar surface area (TPSA) is 46.3 Å². The van der Waals surface area contributed by atoms with Gasteiger partial charge in [0.25, 0.3) is 5.91 Å². The predicted octanol–water partition coefficient (Wildman–Crippen LogP) is 4.48. The smallest absolute Gasteiger partial charge is 0.276 e. The molecule has 3 rings (SSSR count). The van der Waals surface area contributed by atoms with E-state index in [2.05, 4.69) is 36.2 Å². The Morgan fingerprint density at radius 1 is 1.04 bits per heavy atom. The van der Waals surface area contributed by atoms with Gasteiger partial charge in [0.05, 0.1) is 0 Å². The summed E-state index contributed by atoms with van der Waals surface area (Å²) >= 11 is 0. The minimum absolute atomic E-state index is 0.136. The van der Waals surface area contributed by atoms with Gasteiger partial charge in [-0.1, -0.05) is 49.4 Å². The Morgan fingerprint density at radius 2 is 1.68 bits per heavy atom. The summed E-state index contributed by atoms with van der Waals surface area (Å²) in [7, 11) is 1.78. The molecule has 0 saturated carbocycles. The summed E-state index contributed by atoms with van der Waals surface area (Å²) in [6, 6.07) is 17.9. The number of carbonyl (C=O) groups excluding carboxylic acids is 1. The zero-order valence-electron chi connectivity index (χ0n) is 14.8. The molecule has 0 aliphatic carbocycles. The first-order chi connectivity index (χ1) is 12.1. The van der Waals surface area contributed by atoms with Crippen molar-refractivity contribution in [2.24, 2.45) is 0 Å². The molecule has 0 spiro atoms. The van der Waals surface area contributed by atoms with Gasteiger partial charge in [0.2, 0.25) is 5.89 Å². The van der Waals surface area contributed by atoms with Crippen LogP contribution in [-0.2, 0) is 13.0 Å². The molecule has 0 unspecified atom stereocenters. The fourth-order valence-electron chi connectivity index (χ4n) is 2.71. The second-order valence-electron chi connectivity index (χ2n) is 6.12. The summed E-state index contributed by atoms with van der Waals surface area (Å²) in [4.78, 5) is 18.8. The first kappa shape index (κ1) is 17.0. The van der Waals surface area contributed by atoms with Gasteiger partial charge in [-0.3, -0.25) is 4.79 Å². The highest BCUT2D eigenvalue weighted by Crippen LogP contribution is 2.22. The molecule has 0 fully saturated rings. The number of benzene rings is 2. The van der Waals surface area contributed by atoms with Crippen molar-refractivity contribution in [2.45, 2.75) is 26.8 Å². The standard InChI is InChI=1S/C21H22N2O2/c1-4-16-10-12-17(13-11-16)14-23(3)21(24)19-15(2)25-20(22-19)18-8-6-5-7-9-18/h5-13H,4,14H2,1-3H3. The lowest BCUT2D eigenvalue weighted by molar-refractivity contribution is 0.0778. The van der Waals surface area contributed by atoms with Crippen LogP contribution in [0, 0.1) is 6.92 Å². The van der Waals surface area contributed by atoms with Crippen molar-refractivity contribution in [3.05, 3.63) is 77.2 Å². The Balaban J connectivity index is 1.76. The van der Waals surface area contributed by atoms with E-state index in [0.717, 1.165) is 17.5 Å². The monoisotopic (exact) mass is 334 g/mol. The first-order valence-corrected chi connectivity index (χ1v) is 8.44. The van der Waals surface area contributed by atoms with Crippen LogP contribution in [0.4, 0.5) is 0 Å². The number of carbonyl (C=O) groups is 1. The Morgan fingerprint density at radius 3 is 2.32 bits per heavy atom. The Hall–Kier alpha value is -2.88. The minimum atomic E-state index is -0.136. The van der Waals surface area contributed by atoms with Crippen LogP contribution in [0.25, 0.3) is 11.5 Å². The maximum atomic E-state index is 12.7. The summed E-state index contributed by atoms with van der Waals surface area (Å²) in [6.07, 6.45) is 1.01. The van der Waals surface area contributed by atoms with Crippen LogP contribution in [-0.4, -0.2) is 22.8 Å². The van der Waals surface area contributed by atoms with Gasteiger partial charge >= 0.3 is 0 Å². The fraction of sp³-hybridized carbons (Fsp3) is 0.238. The Kier molecular flexibility index (Phi) is 4.98. The van der Waals surface area contributed by atoms with Crippen LogP contribution in [0.15, 0.2) is 59.0 Å². The van der Waals surface area contributed by atoms with Crippen molar-refractivity contribution in [1.82, 2.24) is 9.88 Å². The molecule has 0 radical (unpaired) electrons. The van der Waals surface area contributed by atoms with Crippen molar-refractivity contribution in [2.75, 3.05) is 7.05 Å². The number of hydrogen-bond acceptors (Lipinski definition) is 3. The highest BCUT2D eigenvalue weighted by Gasteiger charge is 2.21. The highest BCUT2D eigenvalue weighted by molar-refractivity contribution is 5.93. The van der Waals surface area contributed by atoms with E-state index >= 15 is 0 Å². The zero-order valence-corrected chi connectivity index (χ0v) is 14.8. The van der Waals surface area contributed by atoms with E-state index in [1.54, 1.807) is 18.9 Å². The van der Waals surface area contributed by atoms with Gasteiger partial charge in [0, 0.05) is 19.2 Å². The highest BCUT2D eigenvalue weighted by atomic mass is 16.4. The normalized spacial score (nSPS) is 10.7. The summed E-state index contributed by atoms with van der Waals surface area (Å²) in [5.41, 5.74) is 3.61. The number of rotatable bonds is 5. The van der Waals surface area contributed by atoms with E-state index in [4.69, 9.17) is 4.42 Å². The van der Waals surface area contributed by atoms with Gasteiger partial charge in [-0.2, -0.15) is 0 Å². The third-order valence-electron chi connectivity index (χ3n) is 4.22. The minimum Gasteiger partial charge on any atom is -0.441 e. The molecule has 128 valence electrons. The molecule has 3 aromatic rings. The average molecular weight is 334 g/mol. The average Bonchev–Trinajstić information content (AvgIpc) is 3.04. The van der Waals surface area contributed by atoms with Gasteiger partial charge in [0.1, 0.15) is 5.76 Å². The molecule has 25 heavy (non-hydrogen) atoms. The third kappa shape index (κ3) is 3.79. The lowest BCUT2D eigenvalue weighted by Gasteiger charge is -2.16. The van der Waals surface area contributed by atoms with E-state index in [1.165, 1.54) is 5.56 Å². The SMILES string of the molecule is CCc1ccc(CN(C)C(=O)c2nc(-c3ccccc3)oc2C)cc1. The van der Waals surface area contributed by atoms with Gasteiger partial charge < -0.3 is 9.32 Å². The second-order valence-corrected chi connectivity index (χ2v) is 6.12. The number of aromatic nitrogens is 1. The number of hydrogen-bond donors (Lipinski definition) is 0. The fourth-order valence-corrected chi connectivity index (χ4v) is 2.71. The first-order valence-electron chi connectivity index (χ1n) is 8.44. The van der Waals surface area contributed by atoms with Crippen molar-refractivity contribution in [3.63, 3.8) is 0 Å². The van der Waals surface area contributed by atoms with Crippen LogP contribution < -0.4 is 0 Å². The van der Waals surface area contributed by atoms with Crippen LogP contribution >= 0.6 is 0 Å². The molecule has 0 bridgehead atoms. The zero-order chi connectivity index (χ0) is 17.8. The molecule has 0 aliphatic heterocycles. The van der Waals surface area contributed by atoms with Gasteiger partial charge in [0.15, 0.2) is 5.69 Å². The maximum Gasteiger partial charge on any atom is 0.276 e. The molecular weight excluding hydrogens is 312 g/mol. The molecule has 0 atom stereocenters. The molecule has 1 aromatic heterocycles. The van der Waals surface area contributed by atoms with Gasteiger partial charge in [-0.15, -0.1) is 0 Å². The summed E-state index contributed by atoms with van der Waals surface area (Å²) in [5, 5.41) is 0. The van der Waals surface area contributed by atoms with Crippen LogP contribution in [0.5, 0.6) is 0 Å². The van der Waals surface area contributed by atoms with Crippen molar-refractivity contribution in [1.29, 1.82) is 0 Å². The molecule has 0 saturated heterocycles. The molecule has 0 N–H and O–H groups in total. The molecule has 1 heterocycles. The van der Waals surface area contributed by atoms with Crippen LogP contribution in [0.3, 0.4) is 0 Å². The predicted molar refractivity (Wildman–Crippen MR) is 98.3 cm³/mol.